The lowest BCUT2D eigenvalue weighted by Crippen LogP contribution is -2.11. The molecule has 0 aliphatic heterocycles. The third-order valence-corrected chi connectivity index (χ3v) is 3.84. The van der Waals surface area contributed by atoms with E-state index in [0.717, 1.165) is 5.39 Å². The summed E-state index contributed by atoms with van der Waals surface area (Å²) in [5, 5.41) is 3.76. The van der Waals surface area contributed by atoms with Gasteiger partial charge in [0.15, 0.2) is 5.76 Å². The molecule has 4 nitrogen and oxygen atoms in total. The van der Waals surface area contributed by atoms with Crippen LogP contribution < -0.4 is 5.32 Å². The largest absolute Gasteiger partial charge is 0.451 e. The van der Waals surface area contributed by atoms with Gasteiger partial charge in [-0.3, -0.25) is 9.78 Å². The van der Waals surface area contributed by atoms with E-state index in [1.54, 1.807) is 36.5 Å². The van der Waals surface area contributed by atoms with Crippen molar-refractivity contribution < 1.29 is 13.6 Å². The summed E-state index contributed by atoms with van der Waals surface area (Å²) < 4.78 is 18.6. The van der Waals surface area contributed by atoms with E-state index in [-0.39, 0.29) is 17.5 Å². The van der Waals surface area contributed by atoms with Crippen LogP contribution in [-0.2, 0) is 0 Å². The van der Waals surface area contributed by atoms with Gasteiger partial charge < -0.3 is 9.73 Å². The fourth-order valence-corrected chi connectivity index (χ4v) is 2.62. The van der Waals surface area contributed by atoms with E-state index >= 15 is 0 Å². The summed E-state index contributed by atoms with van der Waals surface area (Å²) >= 11 is 0. The molecule has 1 amide bonds. The highest BCUT2D eigenvalue weighted by Gasteiger charge is 2.14. The zero-order valence-electron chi connectivity index (χ0n) is 13.1. The number of hydrogen-bond donors (Lipinski definition) is 1. The lowest BCUT2D eigenvalue weighted by atomic mass is 10.2. The summed E-state index contributed by atoms with van der Waals surface area (Å²) in [5.74, 6) is -0.0169. The van der Waals surface area contributed by atoms with Crippen molar-refractivity contribution in [3.05, 3.63) is 84.5 Å². The van der Waals surface area contributed by atoms with Gasteiger partial charge in [-0.25, -0.2) is 4.39 Å². The van der Waals surface area contributed by atoms with Gasteiger partial charge >= 0.3 is 0 Å². The molecule has 0 atom stereocenters. The molecule has 4 aromatic rings. The van der Waals surface area contributed by atoms with E-state index in [1.807, 2.05) is 24.3 Å². The normalized spacial score (nSPS) is 10.8. The molecule has 5 heteroatoms. The van der Waals surface area contributed by atoms with Crippen molar-refractivity contribution in [2.75, 3.05) is 5.32 Å². The van der Waals surface area contributed by atoms with Crippen LogP contribution in [-0.4, -0.2) is 10.9 Å². The highest BCUT2D eigenvalue weighted by molar-refractivity contribution is 6.07. The van der Waals surface area contributed by atoms with Crippen LogP contribution in [0.15, 0.2) is 77.3 Å². The van der Waals surface area contributed by atoms with Gasteiger partial charge in [-0.05, 0) is 48.5 Å². The number of furan rings is 1. The van der Waals surface area contributed by atoms with E-state index in [4.69, 9.17) is 4.42 Å². The molecular weight excluding hydrogens is 319 g/mol. The Balaban J connectivity index is 1.60. The number of carbonyl (C=O) groups is 1. The Kier molecular flexibility index (Phi) is 3.74. The maximum absolute atomic E-state index is 13.0. The van der Waals surface area contributed by atoms with Gasteiger partial charge in [0.2, 0.25) is 0 Å². The van der Waals surface area contributed by atoms with E-state index in [2.05, 4.69) is 10.3 Å². The number of fused-ring (bicyclic) bond motifs is 1. The third-order valence-electron chi connectivity index (χ3n) is 3.84. The number of amides is 1. The van der Waals surface area contributed by atoms with Gasteiger partial charge in [-0.2, -0.15) is 0 Å². The molecule has 1 N–H and O–H groups in total. The number of nitrogens with zero attached hydrogens (tertiary/aromatic N) is 1. The number of nitrogens with one attached hydrogen (secondary N) is 1. The summed E-state index contributed by atoms with van der Waals surface area (Å²) in [6.45, 7) is 0. The second-order valence-corrected chi connectivity index (χ2v) is 5.51. The molecule has 0 saturated heterocycles. The van der Waals surface area contributed by atoms with Gasteiger partial charge in [0, 0.05) is 17.1 Å². The molecule has 0 fully saturated rings. The number of aromatic nitrogens is 1. The van der Waals surface area contributed by atoms with Crippen molar-refractivity contribution in [2.24, 2.45) is 0 Å². The molecule has 0 spiro atoms. The summed E-state index contributed by atoms with van der Waals surface area (Å²) in [5.41, 5.74) is 2.03. The predicted octanol–water partition coefficient (Wildman–Crippen LogP) is 4.89. The zero-order chi connectivity index (χ0) is 17.2. The van der Waals surface area contributed by atoms with Crippen molar-refractivity contribution in [2.45, 2.75) is 0 Å². The number of halogens is 1. The first-order valence-electron chi connectivity index (χ1n) is 7.71. The molecule has 2 heterocycles. The molecule has 122 valence electrons. The second kappa shape index (κ2) is 6.20. The molecule has 25 heavy (non-hydrogen) atoms. The molecule has 0 bridgehead atoms. The standard InChI is InChI=1S/C20H13FN2O2/c21-15-8-6-13(7-9-15)17-10-11-18(25-17)20(24)23-16-5-1-3-14-4-2-12-22-19(14)16/h1-12H,(H,23,24). The van der Waals surface area contributed by atoms with Gasteiger partial charge in [0.25, 0.3) is 5.91 Å². The Morgan fingerprint density at radius 2 is 1.76 bits per heavy atom. The predicted molar refractivity (Wildman–Crippen MR) is 93.8 cm³/mol. The van der Waals surface area contributed by atoms with Crippen LogP contribution in [0.2, 0.25) is 0 Å². The van der Waals surface area contributed by atoms with Crippen LogP contribution in [0, 0.1) is 5.82 Å². The number of pyridine rings is 1. The average molecular weight is 332 g/mol. The smallest absolute Gasteiger partial charge is 0.291 e. The number of hydrogen-bond acceptors (Lipinski definition) is 3. The topological polar surface area (TPSA) is 55.1 Å². The Hall–Kier alpha value is -3.47. The number of para-hydroxylation sites is 1. The van der Waals surface area contributed by atoms with E-state index in [1.165, 1.54) is 12.1 Å². The molecule has 4 rings (SSSR count). The van der Waals surface area contributed by atoms with Gasteiger partial charge in [-0.15, -0.1) is 0 Å². The summed E-state index contributed by atoms with van der Waals surface area (Å²) in [6, 6.07) is 18.5. The SMILES string of the molecule is O=C(Nc1cccc2cccnc12)c1ccc(-c2ccc(F)cc2)o1. The first kappa shape index (κ1) is 15.1. The van der Waals surface area contributed by atoms with Gasteiger partial charge in [-0.1, -0.05) is 18.2 Å². The third kappa shape index (κ3) is 2.99. The highest BCUT2D eigenvalue weighted by atomic mass is 19.1. The van der Waals surface area contributed by atoms with Crippen LogP contribution in [0.5, 0.6) is 0 Å². The Bertz CT molecular complexity index is 1050. The molecule has 0 radical (unpaired) electrons. The fraction of sp³-hybridized carbons (Fsp3) is 0. The molecule has 0 aliphatic rings. The summed E-state index contributed by atoms with van der Waals surface area (Å²) in [7, 11) is 0. The minimum atomic E-state index is -0.369. The molecular formula is C20H13FN2O2. The Labute approximate surface area is 142 Å². The first-order chi connectivity index (χ1) is 12.2. The minimum Gasteiger partial charge on any atom is -0.451 e. The average Bonchev–Trinajstić information content (AvgIpc) is 3.13. The van der Waals surface area contributed by atoms with Crippen molar-refractivity contribution >= 4 is 22.5 Å². The maximum atomic E-state index is 13.0. The molecule has 0 unspecified atom stereocenters. The van der Waals surface area contributed by atoms with Crippen LogP contribution in [0.1, 0.15) is 10.6 Å². The maximum Gasteiger partial charge on any atom is 0.291 e. The minimum absolute atomic E-state index is 0.173. The summed E-state index contributed by atoms with van der Waals surface area (Å²) in [6.07, 6.45) is 1.68. The van der Waals surface area contributed by atoms with E-state index in [9.17, 15) is 9.18 Å². The first-order valence-corrected chi connectivity index (χ1v) is 7.71. The van der Waals surface area contributed by atoms with E-state index in [0.29, 0.717) is 22.5 Å². The van der Waals surface area contributed by atoms with E-state index < -0.39 is 0 Å². The van der Waals surface area contributed by atoms with Crippen molar-refractivity contribution in [3.63, 3.8) is 0 Å². The molecule has 2 aromatic heterocycles. The van der Waals surface area contributed by atoms with Crippen molar-refractivity contribution in [1.29, 1.82) is 0 Å². The fourth-order valence-electron chi connectivity index (χ4n) is 2.62. The van der Waals surface area contributed by atoms with Crippen LogP contribution in [0.4, 0.5) is 10.1 Å². The molecule has 2 aromatic carbocycles. The van der Waals surface area contributed by atoms with Crippen molar-refractivity contribution in [3.8, 4) is 11.3 Å². The van der Waals surface area contributed by atoms with Gasteiger partial charge in [0.1, 0.15) is 11.6 Å². The van der Waals surface area contributed by atoms with Gasteiger partial charge in [0.05, 0.1) is 11.2 Å². The number of rotatable bonds is 3. The van der Waals surface area contributed by atoms with Crippen molar-refractivity contribution in [1.82, 2.24) is 4.98 Å². The summed E-state index contributed by atoms with van der Waals surface area (Å²) in [4.78, 5) is 16.8. The molecule has 0 saturated carbocycles. The van der Waals surface area contributed by atoms with Crippen LogP contribution >= 0.6 is 0 Å². The monoisotopic (exact) mass is 332 g/mol. The quantitative estimate of drug-likeness (QED) is 0.581. The Morgan fingerprint density at radius 1 is 0.960 bits per heavy atom. The molecule has 0 aliphatic carbocycles. The zero-order valence-corrected chi connectivity index (χ0v) is 13.1. The highest BCUT2D eigenvalue weighted by Crippen LogP contribution is 2.25. The lowest BCUT2D eigenvalue weighted by molar-refractivity contribution is 0.0997. The van der Waals surface area contributed by atoms with Crippen LogP contribution in [0.25, 0.3) is 22.2 Å². The second-order valence-electron chi connectivity index (χ2n) is 5.51. The number of carbonyl (C=O) groups excluding carboxylic acids is 1. The number of benzene rings is 2. The Morgan fingerprint density at radius 3 is 2.60 bits per heavy atom. The lowest BCUT2D eigenvalue weighted by Gasteiger charge is -2.06. The van der Waals surface area contributed by atoms with Crippen LogP contribution in [0.3, 0.4) is 0 Å². The number of anilines is 1.